The lowest BCUT2D eigenvalue weighted by atomic mass is 10.2. The Kier molecular flexibility index (Phi) is 5.60. The van der Waals surface area contributed by atoms with Gasteiger partial charge in [-0.15, -0.1) is 0 Å². The smallest absolute Gasteiger partial charge is 0.258 e. The van der Waals surface area contributed by atoms with Gasteiger partial charge in [-0.2, -0.15) is 0 Å². The Balaban J connectivity index is 1.86. The summed E-state index contributed by atoms with van der Waals surface area (Å²) in [5.74, 6) is 0.349. The predicted octanol–water partition coefficient (Wildman–Crippen LogP) is 2.49. The Morgan fingerprint density at radius 1 is 1.14 bits per heavy atom. The van der Waals surface area contributed by atoms with E-state index in [1.54, 1.807) is 18.2 Å². The quantitative estimate of drug-likeness (QED) is 0.862. The zero-order valence-electron chi connectivity index (χ0n) is 11.5. The number of benzene rings is 2. The maximum atomic E-state index is 11.8. The second-order valence-electron chi connectivity index (χ2n) is 4.47. The largest absolute Gasteiger partial charge is 0.483 e. The molecule has 0 unspecified atom stereocenters. The summed E-state index contributed by atoms with van der Waals surface area (Å²) in [6, 6.07) is 14.9. The summed E-state index contributed by atoms with van der Waals surface area (Å²) in [4.78, 5) is 11.8. The normalized spacial score (nSPS) is 10.2. The molecule has 0 aliphatic rings. The van der Waals surface area contributed by atoms with E-state index in [1.807, 2.05) is 30.3 Å². The molecule has 0 aliphatic carbocycles. The summed E-state index contributed by atoms with van der Waals surface area (Å²) in [5, 5.41) is 3.33. The lowest BCUT2D eigenvalue weighted by Gasteiger charge is -2.11. The molecule has 1 amide bonds. The zero-order chi connectivity index (χ0) is 15.1. The second-order valence-corrected chi connectivity index (χ2v) is 4.88. The molecule has 0 saturated carbocycles. The summed E-state index contributed by atoms with van der Waals surface area (Å²) in [5.41, 5.74) is 7.37. The summed E-state index contributed by atoms with van der Waals surface area (Å²) < 4.78 is 5.48. The Hall–Kier alpha value is -2.04. The van der Waals surface area contributed by atoms with Crippen molar-refractivity contribution in [2.45, 2.75) is 13.1 Å². The van der Waals surface area contributed by atoms with E-state index in [-0.39, 0.29) is 19.1 Å². The van der Waals surface area contributed by atoms with E-state index in [2.05, 4.69) is 5.32 Å². The molecule has 2 aromatic rings. The lowest BCUT2D eigenvalue weighted by molar-refractivity contribution is -0.123. The number of amides is 1. The highest BCUT2D eigenvalue weighted by Crippen LogP contribution is 2.25. The van der Waals surface area contributed by atoms with Gasteiger partial charge >= 0.3 is 0 Å². The first-order valence-corrected chi connectivity index (χ1v) is 6.99. The van der Waals surface area contributed by atoms with Crippen LogP contribution in [-0.2, 0) is 17.9 Å². The van der Waals surface area contributed by atoms with Crippen molar-refractivity contribution in [1.29, 1.82) is 0 Å². The first-order valence-electron chi connectivity index (χ1n) is 6.61. The molecule has 110 valence electrons. The Labute approximate surface area is 128 Å². The van der Waals surface area contributed by atoms with Crippen molar-refractivity contribution in [1.82, 2.24) is 5.32 Å². The highest BCUT2D eigenvalue weighted by molar-refractivity contribution is 6.31. The summed E-state index contributed by atoms with van der Waals surface area (Å²) in [6.45, 7) is 0.670. The molecular formula is C16H17ClN2O2. The molecular weight excluding hydrogens is 288 g/mol. The molecule has 2 aromatic carbocycles. The van der Waals surface area contributed by atoms with Crippen LogP contribution >= 0.6 is 11.6 Å². The third kappa shape index (κ3) is 4.48. The van der Waals surface area contributed by atoms with E-state index in [4.69, 9.17) is 22.1 Å². The number of hydrogen-bond acceptors (Lipinski definition) is 3. The van der Waals surface area contributed by atoms with Crippen LogP contribution < -0.4 is 15.8 Å². The fraction of sp³-hybridized carbons (Fsp3) is 0.188. The molecule has 5 heteroatoms. The number of nitrogens with one attached hydrogen (secondary N) is 1. The topological polar surface area (TPSA) is 64.3 Å². The van der Waals surface area contributed by atoms with Crippen LogP contribution in [0.25, 0.3) is 0 Å². The third-order valence-electron chi connectivity index (χ3n) is 2.97. The molecule has 3 N–H and O–H groups in total. The molecule has 0 bridgehead atoms. The number of hydrogen-bond donors (Lipinski definition) is 2. The summed E-state index contributed by atoms with van der Waals surface area (Å²) in [7, 11) is 0. The minimum atomic E-state index is -0.193. The van der Waals surface area contributed by atoms with Gasteiger partial charge in [-0.05, 0) is 17.7 Å². The Bertz CT molecular complexity index is 602. The van der Waals surface area contributed by atoms with Gasteiger partial charge in [0.2, 0.25) is 0 Å². The number of carbonyl (C=O) groups excluding carboxylic acids is 1. The average molecular weight is 305 g/mol. The van der Waals surface area contributed by atoms with Crippen molar-refractivity contribution < 1.29 is 9.53 Å². The minimum Gasteiger partial charge on any atom is -0.483 e. The zero-order valence-corrected chi connectivity index (χ0v) is 12.3. The molecule has 21 heavy (non-hydrogen) atoms. The fourth-order valence-electron chi connectivity index (χ4n) is 1.86. The van der Waals surface area contributed by atoms with E-state index in [0.717, 1.165) is 5.56 Å². The standard InChI is InChI=1S/C16H17ClN2O2/c17-14-7-4-8-15(13(14)9-18)21-11-16(20)19-10-12-5-2-1-3-6-12/h1-8H,9-11,18H2,(H,19,20). The van der Waals surface area contributed by atoms with Crippen molar-refractivity contribution in [3.63, 3.8) is 0 Å². The van der Waals surface area contributed by atoms with Crippen LogP contribution in [-0.4, -0.2) is 12.5 Å². The SMILES string of the molecule is NCc1c(Cl)cccc1OCC(=O)NCc1ccccc1. The number of carbonyl (C=O) groups is 1. The van der Waals surface area contributed by atoms with Crippen molar-refractivity contribution in [2.24, 2.45) is 5.73 Å². The molecule has 0 spiro atoms. The van der Waals surface area contributed by atoms with Crippen LogP contribution in [0.4, 0.5) is 0 Å². The van der Waals surface area contributed by atoms with Crippen LogP contribution in [0.3, 0.4) is 0 Å². The minimum absolute atomic E-state index is 0.0693. The monoisotopic (exact) mass is 304 g/mol. The first-order chi connectivity index (χ1) is 10.2. The van der Waals surface area contributed by atoms with Gasteiger partial charge < -0.3 is 15.8 Å². The van der Waals surface area contributed by atoms with Crippen molar-refractivity contribution in [3.05, 3.63) is 64.7 Å². The van der Waals surface area contributed by atoms with Gasteiger partial charge in [0, 0.05) is 23.7 Å². The molecule has 2 rings (SSSR count). The van der Waals surface area contributed by atoms with Gasteiger partial charge in [0.05, 0.1) is 0 Å². The van der Waals surface area contributed by atoms with Gasteiger partial charge in [0.15, 0.2) is 6.61 Å². The number of ether oxygens (including phenoxy) is 1. The van der Waals surface area contributed by atoms with Crippen LogP contribution in [0.2, 0.25) is 5.02 Å². The number of nitrogens with two attached hydrogens (primary N) is 1. The highest BCUT2D eigenvalue weighted by Gasteiger charge is 2.08. The first kappa shape index (κ1) is 15.4. The Morgan fingerprint density at radius 3 is 2.62 bits per heavy atom. The highest BCUT2D eigenvalue weighted by atomic mass is 35.5. The van der Waals surface area contributed by atoms with Gasteiger partial charge in [-0.3, -0.25) is 4.79 Å². The molecule has 0 aromatic heterocycles. The molecule has 0 heterocycles. The number of rotatable bonds is 6. The molecule has 0 aliphatic heterocycles. The average Bonchev–Trinajstić information content (AvgIpc) is 2.52. The maximum Gasteiger partial charge on any atom is 0.258 e. The Morgan fingerprint density at radius 2 is 1.90 bits per heavy atom. The van der Waals surface area contributed by atoms with Crippen molar-refractivity contribution >= 4 is 17.5 Å². The van der Waals surface area contributed by atoms with Gasteiger partial charge in [-0.25, -0.2) is 0 Å². The van der Waals surface area contributed by atoms with E-state index in [9.17, 15) is 4.79 Å². The van der Waals surface area contributed by atoms with Crippen LogP contribution in [0, 0.1) is 0 Å². The van der Waals surface area contributed by atoms with E-state index in [1.165, 1.54) is 0 Å². The summed E-state index contributed by atoms with van der Waals surface area (Å²) in [6.07, 6.45) is 0. The van der Waals surface area contributed by atoms with Gasteiger partial charge in [0.1, 0.15) is 5.75 Å². The summed E-state index contributed by atoms with van der Waals surface area (Å²) >= 11 is 6.03. The maximum absolute atomic E-state index is 11.8. The van der Waals surface area contributed by atoms with E-state index >= 15 is 0 Å². The number of halogens is 1. The predicted molar refractivity (Wildman–Crippen MR) is 83.1 cm³/mol. The second kappa shape index (κ2) is 7.67. The fourth-order valence-corrected chi connectivity index (χ4v) is 2.11. The molecule has 4 nitrogen and oxygen atoms in total. The van der Waals surface area contributed by atoms with E-state index in [0.29, 0.717) is 22.9 Å². The van der Waals surface area contributed by atoms with Crippen LogP contribution in [0.5, 0.6) is 5.75 Å². The molecule has 0 radical (unpaired) electrons. The van der Waals surface area contributed by atoms with Gasteiger partial charge in [-0.1, -0.05) is 48.0 Å². The lowest BCUT2D eigenvalue weighted by Crippen LogP contribution is -2.28. The molecule has 0 saturated heterocycles. The van der Waals surface area contributed by atoms with Crippen molar-refractivity contribution in [2.75, 3.05) is 6.61 Å². The third-order valence-corrected chi connectivity index (χ3v) is 3.33. The molecule has 0 atom stereocenters. The van der Waals surface area contributed by atoms with Crippen molar-refractivity contribution in [3.8, 4) is 5.75 Å². The molecule has 0 fully saturated rings. The van der Waals surface area contributed by atoms with Crippen LogP contribution in [0.1, 0.15) is 11.1 Å². The van der Waals surface area contributed by atoms with E-state index < -0.39 is 0 Å². The van der Waals surface area contributed by atoms with Gasteiger partial charge in [0.25, 0.3) is 5.91 Å². The van der Waals surface area contributed by atoms with Crippen LogP contribution in [0.15, 0.2) is 48.5 Å².